The Morgan fingerprint density at radius 3 is 2.76 bits per heavy atom. The Kier molecular flexibility index (Phi) is 4.55. The average Bonchev–Trinajstić information content (AvgIpc) is 2.85. The summed E-state index contributed by atoms with van der Waals surface area (Å²) in [6.45, 7) is 0.134. The van der Waals surface area contributed by atoms with Crippen molar-refractivity contribution < 1.29 is 13.2 Å². The zero-order valence-corrected chi connectivity index (χ0v) is 13.9. The highest BCUT2D eigenvalue weighted by Gasteiger charge is 2.21. The second-order valence-corrected chi connectivity index (χ2v) is 6.96. The largest absolute Gasteiger partial charge is 0.495 e. The van der Waals surface area contributed by atoms with Crippen LogP contribution in [0.15, 0.2) is 33.9 Å². The molecule has 0 aliphatic rings. The number of nitrogens with one attached hydrogen (secondary N) is 1. The fourth-order valence-electron chi connectivity index (χ4n) is 1.74. The van der Waals surface area contributed by atoms with Gasteiger partial charge in [-0.05, 0) is 28.1 Å². The van der Waals surface area contributed by atoms with Crippen LogP contribution in [0.2, 0.25) is 0 Å². The Morgan fingerprint density at radius 1 is 1.48 bits per heavy atom. The first kappa shape index (κ1) is 15.8. The molecule has 0 spiro atoms. The molecule has 0 unspecified atom stereocenters. The Morgan fingerprint density at radius 2 is 2.19 bits per heavy atom. The fourth-order valence-corrected chi connectivity index (χ4v) is 3.26. The number of nitrogen functional groups attached to an aromatic ring is 1. The summed E-state index contributed by atoms with van der Waals surface area (Å²) < 4.78 is 34.5. The highest BCUT2D eigenvalue weighted by Crippen LogP contribution is 2.32. The number of anilines is 1. The van der Waals surface area contributed by atoms with Gasteiger partial charge in [0.2, 0.25) is 10.0 Å². The minimum Gasteiger partial charge on any atom is -0.495 e. The molecule has 0 saturated heterocycles. The smallest absolute Gasteiger partial charge is 0.244 e. The molecule has 0 bridgehead atoms. The van der Waals surface area contributed by atoms with Crippen LogP contribution in [0.3, 0.4) is 0 Å². The van der Waals surface area contributed by atoms with Crippen molar-refractivity contribution in [3.8, 4) is 5.75 Å². The number of aromatic nitrogens is 2. The second-order valence-electron chi connectivity index (χ2n) is 4.37. The van der Waals surface area contributed by atoms with Gasteiger partial charge in [-0.25, -0.2) is 13.1 Å². The molecule has 0 fully saturated rings. The van der Waals surface area contributed by atoms with E-state index in [1.54, 1.807) is 24.1 Å². The first-order valence-electron chi connectivity index (χ1n) is 5.93. The van der Waals surface area contributed by atoms with Crippen LogP contribution in [0.25, 0.3) is 0 Å². The van der Waals surface area contributed by atoms with Crippen LogP contribution >= 0.6 is 15.9 Å². The van der Waals surface area contributed by atoms with Gasteiger partial charge in [-0.15, -0.1) is 0 Å². The number of hydrogen-bond acceptors (Lipinski definition) is 5. The van der Waals surface area contributed by atoms with Crippen molar-refractivity contribution in [2.24, 2.45) is 7.05 Å². The first-order chi connectivity index (χ1) is 9.83. The van der Waals surface area contributed by atoms with Crippen molar-refractivity contribution in [2.45, 2.75) is 11.4 Å². The Labute approximate surface area is 131 Å². The number of benzene rings is 1. The lowest BCUT2D eigenvalue weighted by Crippen LogP contribution is -2.23. The van der Waals surface area contributed by atoms with Crippen molar-refractivity contribution in [1.29, 1.82) is 0 Å². The van der Waals surface area contributed by atoms with Crippen molar-refractivity contribution in [3.05, 3.63) is 34.6 Å². The summed E-state index contributed by atoms with van der Waals surface area (Å²) >= 11 is 3.23. The zero-order chi connectivity index (χ0) is 15.6. The van der Waals surface area contributed by atoms with E-state index in [4.69, 9.17) is 10.5 Å². The number of sulfonamides is 1. The molecule has 3 N–H and O–H groups in total. The summed E-state index contributed by atoms with van der Waals surface area (Å²) in [5.74, 6) is 0.217. The third kappa shape index (κ3) is 3.55. The van der Waals surface area contributed by atoms with Crippen LogP contribution in [0.1, 0.15) is 5.56 Å². The van der Waals surface area contributed by atoms with E-state index in [0.29, 0.717) is 10.2 Å². The molecule has 1 heterocycles. The number of nitrogens with zero attached hydrogens (tertiary/aromatic N) is 2. The Balaban J connectivity index is 2.28. The topological polar surface area (TPSA) is 99.2 Å². The minimum atomic E-state index is -3.74. The number of aryl methyl sites for hydroxylation is 1. The Bertz CT molecular complexity index is 758. The molecule has 114 valence electrons. The van der Waals surface area contributed by atoms with Crippen LogP contribution in [0.4, 0.5) is 5.69 Å². The van der Waals surface area contributed by atoms with E-state index >= 15 is 0 Å². The SMILES string of the molecule is COc1cc(Br)c(N)cc1S(=O)(=O)NCc1cnn(C)c1. The van der Waals surface area contributed by atoms with E-state index in [0.717, 1.165) is 5.56 Å². The molecule has 0 aliphatic heterocycles. The molecule has 1 aromatic heterocycles. The maximum absolute atomic E-state index is 12.4. The van der Waals surface area contributed by atoms with Gasteiger partial charge >= 0.3 is 0 Å². The van der Waals surface area contributed by atoms with Crippen LogP contribution < -0.4 is 15.2 Å². The predicted molar refractivity (Wildman–Crippen MR) is 82.3 cm³/mol. The predicted octanol–water partition coefficient (Wildman–Crippen LogP) is 1.25. The van der Waals surface area contributed by atoms with Crippen molar-refractivity contribution >= 4 is 31.6 Å². The first-order valence-corrected chi connectivity index (χ1v) is 8.21. The molecule has 0 radical (unpaired) electrons. The lowest BCUT2D eigenvalue weighted by molar-refractivity contribution is 0.402. The molecular formula is C12H15BrN4O3S. The molecule has 2 rings (SSSR count). The molecule has 21 heavy (non-hydrogen) atoms. The van der Waals surface area contributed by atoms with E-state index in [1.165, 1.54) is 19.2 Å². The molecule has 0 atom stereocenters. The molecule has 2 aromatic rings. The van der Waals surface area contributed by atoms with Gasteiger partial charge in [0.05, 0.1) is 13.3 Å². The summed E-state index contributed by atoms with van der Waals surface area (Å²) in [4.78, 5) is -0.00501. The third-order valence-electron chi connectivity index (χ3n) is 2.80. The lowest BCUT2D eigenvalue weighted by Gasteiger charge is -2.12. The Hall–Kier alpha value is -1.58. The van der Waals surface area contributed by atoms with E-state index in [2.05, 4.69) is 25.8 Å². The van der Waals surface area contributed by atoms with Crippen LogP contribution in [-0.2, 0) is 23.6 Å². The van der Waals surface area contributed by atoms with Gasteiger partial charge in [-0.3, -0.25) is 4.68 Å². The van der Waals surface area contributed by atoms with Crippen molar-refractivity contribution in [3.63, 3.8) is 0 Å². The number of methoxy groups -OCH3 is 1. The summed E-state index contributed by atoms with van der Waals surface area (Å²) in [6.07, 6.45) is 3.32. The molecule has 0 saturated carbocycles. The minimum absolute atomic E-state index is 0.00501. The summed E-state index contributed by atoms with van der Waals surface area (Å²) in [6, 6.07) is 2.88. The molecule has 0 aliphatic carbocycles. The number of ether oxygens (including phenoxy) is 1. The quantitative estimate of drug-likeness (QED) is 0.767. The maximum Gasteiger partial charge on any atom is 0.244 e. The zero-order valence-electron chi connectivity index (χ0n) is 11.5. The van der Waals surface area contributed by atoms with Crippen LogP contribution in [0.5, 0.6) is 5.75 Å². The van der Waals surface area contributed by atoms with Gasteiger partial charge in [0, 0.05) is 35.5 Å². The summed E-state index contributed by atoms with van der Waals surface area (Å²) in [7, 11) is -0.583. The number of nitrogens with two attached hydrogens (primary N) is 1. The molecule has 1 aromatic carbocycles. The van der Waals surface area contributed by atoms with Crippen LogP contribution in [-0.4, -0.2) is 25.3 Å². The molecule has 9 heteroatoms. The van der Waals surface area contributed by atoms with E-state index < -0.39 is 10.0 Å². The maximum atomic E-state index is 12.4. The highest BCUT2D eigenvalue weighted by atomic mass is 79.9. The lowest BCUT2D eigenvalue weighted by atomic mass is 10.3. The average molecular weight is 375 g/mol. The molecule has 0 amide bonds. The number of rotatable bonds is 5. The molecule has 7 nitrogen and oxygen atoms in total. The van der Waals surface area contributed by atoms with E-state index in [1.807, 2.05) is 0 Å². The van der Waals surface area contributed by atoms with Crippen molar-refractivity contribution in [2.75, 3.05) is 12.8 Å². The number of hydrogen-bond donors (Lipinski definition) is 2. The van der Waals surface area contributed by atoms with Gasteiger partial charge in [0.15, 0.2) is 0 Å². The normalized spacial score (nSPS) is 11.6. The third-order valence-corrected chi connectivity index (χ3v) is 4.91. The number of halogens is 1. The van der Waals surface area contributed by atoms with E-state index in [9.17, 15) is 8.42 Å². The summed E-state index contributed by atoms with van der Waals surface area (Å²) in [5.41, 5.74) is 6.82. The van der Waals surface area contributed by atoms with Gasteiger partial charge in [-0.2, -0.15) is 5.10 Å². The monoisotopic (exact) mass is 374 g/mol. The van der Waals surface area contributed by atoms with Gasteiger partial charge < -0.3 is 10.5 Å². The molecular weight excluding hydrogens is 360 g/mol. The fraction of sp³-hybridized carbons (Fsp3) is 0.250. The van der Waals surface area contributed by atoms with Gasteiger partial charge in [0.25, 0.3) is 0 Å². The highest BCUT2D eigenvalue weighted by molar-refractivity contribution is 9.10. The standard InChI is InChI=1S/C12H15BrN4O3S/c1-17-7-8(5-15-17)6-16-21(18,19)12-4-10(14)9(13)3-11(12)20-2/h3-5,7,16H,6,14H2,1-2H3. The van der Waals surface area contributed by atoms with Gasteiger partial charge in [0.1, 0.15) is 10.6 Å². The van der Waals surface area contributed by atoms with Crippen LogP contribution in [0, 0.1) is 0 Å². The summed E-state index contributed by atoms with van der Waals surface area (Å²) in [5, 5.41) is 3.98. The van der Waals surface area contributed by atoms with E-state index in [-0.39, 0.29) is 17.2 Å². The second kappa shape index (κ2) is 6.04. The van der Waals surface area contributed by atoms with Gasteiger partial charge in [-0.1, -0.05) is 0 Å². The van der Waals surface area contributed by atoms with Crippen molar-refractivity contribution in [1.82, 2.24) is 14.5 Å².